The smallest absolute Gasteiger partial charge is 0.337 e. The van der Waals surface area contributed by atoms with Crippen LogP contribution in [-0.4, -0.2) is 29.1 Å². The second-order valence-electron chi connectivity index (χ2n) is 5.61. The van der Waals surface area contributed by atoms with Crippen molar-refractivity contribution in [2.45, 2.75) is 0 Å². The molecule has 0 radical (unpaired) electrons. The Labute approximate surface area is 162 Å². The van der Waals surface area contributed by atoms with Gasteiger partial charge in [0.1, 0.15) is 0 Å². The number of esters is 1. The Morgan fingerprint density at radius 3 is 2.68 bits per heavy atom. The highest BCUT2D eigenvalue weighted by molar-refractivity contribution is 7.14. The Morgan fingerprint density at radius 1 is 1.14 bits per heavy atom. The predicted octanol–water partition coefficient (Wildman–Crippen LogP) is 4.10. The van der Waals surface area contributed by atoms with E-state index >= 15 is 0 Å². The Kier molecular flexibility index (Phi) is 4.73. The molecule has 9 heteroatoms. The number of amides is 1. The van der Waals surface area contributed by atoms with Crippen LogP contribution >= 0.6 is 11.3 Å². The van der Waals surface area contributed by atoms with Gasteiger partial charge in [-0.15, -0.1) is 11.3 Å². The van der Waals surface area contributed by atoms with Crippen LogP contribution in [0.15, 0.2) is 63.0 Å². The van der Waals surface area contributed by atoms with Gasteiger partial charge in [0.2, 0.25) is 5.76 Å². The second-order valence-corrected chi connectivity index (χ2v) is 6.47. The van der Waals surface area contributed by atoms with Gasteiger partial charge in [0, 0.05) is 17.0 Å². The van der Waals surface area contributed by atoms with Gasteiger partial charge in [-0.3, -0.25) is 10.1 Å². The fourth-order valence-corrected chi connectivity index (χ4v) is 3.15. The lowest BCUT2D eigenvalue weighted by atomic mass is 10.1. The molecule has 0 aliphatic heterocycles. The van der Waals surface area contributed by atoms with Crippen LogP contribution in [0, 0.1) is 0 Å². The van der Waals surface area contributed by atoms with Crippen molar-refractivity contribution < 1.29 is 23.3 Å². The molecule has 1 amide bonds. The summed E-state index contributed by atoms with van der Waals surface area (Å²) in [7, 11) is 1.33. The van der Waals surface area contributed by atoms with Gasteiger partial charge in [-0.1, -0.05) is 17.3 Å². The average Bonchev–Trinajstić information content (AvgIpc) is 3.48. The number of carbonyl (C=O) groups is 2. The number of thiazole rings is 1. The van der Waals surface area contributed by atoms with E-state index < -0.39 is 11.9 Å². The summed E-state index contributed by atoms with van der Waals surface area (Å²) in [6.07, 6.45) is 1.51. The summed E-state index contributed by atoms with van der Waals surface area (Å²) in [4.78, 5) is 28.2. The molecule has 140 valence electrons. The van der Waals surface area contributed by atoms with E-state index in [1.807, 2.05) is 0 Å². The number of rotatable bonds is 5. The molecule has 3 heterocycles. The van der Waals surface area contributed by atoms with E-state index in [0.717, 1.165) is 5.56 Å². The normalized spacial score (nSPS) is 10.6. The Morgan fingerprint density at radius 2 is 1.96 bits per heavy atom. The fourth-order valence-electron chi connectivity index (χ4n) is 2.44. The summed E-state index contributed by atoms with van der Waals surface area (Å²) in [6.45, 7) is 0. The molecule has 0 bridgehead atoms. The average molecular weight is 395 g/mol. The van der Waals surface area contributed by atoms with Crippen molar-refractivity contribution in [2.24, 2.45) is 0 Å². The lowest BCUT2D eigenvalue weighted by Gasteiger charge is -2.00. The van der Waals surface area contributed by atoms with Crippen molar-refractivity contribution in [3.63, 3.8) is 0 Å². The second kappa shape index (κ2) is 7.49. The molecule has 0 aliphatic rings. The van der Waals surface area contributed by atoms with Gasteiger partial charge in [0.25, 0.3) is 5.91 Å². The van der Waals surface area contributed by atoms with Crippen molar-refractivity contribution in [1.82, 2.24) is 10.1 Å². The van der Waals surface area contributed by atoms with Gasteiger partial charge in [0.15, 0.2) is 16.6 Å². The minimum absolute atomic E-state index is 0.116. The number of carbonyl (C=O) groups excluding carboxylic acids is 2. The van der Waals surface area contributed by atoms with E-state index in [0.29, 0.717) is 27.9 Å². The van der Waals surface area contributed by atoms with Crippen molar-refractivity contribution in [3.8, 4) is 22.8 Å². The third-order valence-electron chi connectivity index (χ3n) is 3.83. The third kappa shape index (κ3) is 3.55. The zero-order chi connectivity index (χ0) is 19.5. The maximum Gasteiger partial charge on any atom is 0.337 e. The van der Waals surface area contributed by atoms with Gasteiger partial charge in [-0.05, 0) is 24.3 Å². The van der Waals surface area contributed by atoms with Crippen molar-refractivity contribution in [1.29, 1.82) is 0 Å². The highest BCUT2D eigenvalue weighted by atomic mass is 32.1. The van der Waals surface area contributed by atoms with E-state index in [2.05, 4.69) is 20.2 Å². The fraction of sp³-hybridized carbons (Fsp3) is 0.0526. The molecule has 0 fully saturated rings. The van der Waals surface area contributed by atoms with Gasteiger partial charge in [0.05, 0.1) is 24.6 Å². The topological polar surface area (TPSA) is 107 Å². The number of benzene rings is 1. The SMILES string of the molecule is COC(=O)c1ccc(-c2csc(NC(=O)c3cc(-c4ccco4)on3)n2)cc1. The number of aromatic nitrogens is 2. The van der Waals surface area contributed by atoms with Crippen LogP contribution in [0.1, 0.15) is 20.8 Å². The van der Waals surface area contributed by atoms with Gasteiger partial charge in [-0.2, -0.15) is 0 Å². The lowest BCUT2D eigenvalue weighted by molar-refractivity contribution is 0.0600. The molecular weight excluding hydrogens is 382 g/mol. The number of hydrogen-bond donors (Lipinski definition) is 1. The lowest BCUT2D eigenvalue weighted by Crippen LogP contribution is -2.11. The van der Waals surface area contributed by atoms with Crippen LogP contribution in [-0.2, 0) is 4.74 Å². The van der Waals surface area contributed by atoms with Crippen molar-refractivity contribution >= 4 is 28.3 Å². The molecule has 0 saturated carbocycles. The summed E-state index contributed by atoms with van der Waals surface area (Å²) in [5, 5.41) is 8.66. The summed E-state index contributed by atoms with van der Waals surface area (Å²) in [5.41, 5.74) is 2.05. The van der Waals surface area contributed by atoms with E-state index in [-0.39, 0.29) is 5.69 Å². The molecule has 0 spiro atoms. The first-order valence-corrected chi connectivity index (χ1v) is 8.98. The van der Waals surface area contributed by atoms with Crippen molar-refractivity contribution in [3.05, 3.63) is 65.4 Å². The number of methoxy groups -OCH3 is 1. The molecule has 0 atom stereocenters. The number of hydrogen-bond acceptors (Lipinski definition) is 8. The Hall–Kier alpha value is -3.72. The van der Waals surface area contributed by atoms with Crippen LogP contribution < -0.4 is 5.32 Å². The quantitative estimate of drug-likeness (QED) is 0.507. The molecule has 28 heavy (non-hydrogen) atoms. The molecule has 3 aromatic heterocycles. The third-order valence-corrected chi connectivity index (χ3v) is 4.59. The molecule has 4 aromatic rings. The van der Waals surface area contributed by atoms with Crippen molar-refractivity contribution in [2.75, 3.05) is 12.4 Å². The first-order valence-electron chi connectivity index (χ1n) is 8.10. The minimum Gasteiger partial charge on any atom is -0.465 e. The molecule has 1 aromatic carbocycles. The summed E-state index contributed by atoms with van der Waals surface area (Å²) in [5.74, 6) is 0.00182. The molecule has 1 N–H and O–H groups in total. The summed E-state index contributed by atoms with van der Waals surface area (Å²) < 4.78 is 15.0. The standard InChI is InChI=1S/C19H13N3O5S/c1-25-18(24)12-6-4-11(5-7-12)14-10-28-19(20-14)21-17(23)13-9-16(27-22-13)15-3-2-8-26-15/h2-10H,1H3,(H,20,21,23). The molecule has 0 saturated heterocycles. The van der Waals surface area contributed by atoms with E-state index in [9.17, 15) is 9.59 Å². The van der Waals surface area contributed by atoms with Gasteiger partial charge < -0.3 is 13.7 Å². The summed E-state index contributed by atoms with van der Waals surface area (Å²) >= 11 is 1.28. The molecule has 0 aliphatic carbocycles. The maximum absolute atomic E-state index is 12.3. The minimum atomic E-state index is -0.441. The molecule has 0 unspecified atom stereocenters. The highest BCUT2D eigenvalue weighted by Crippen LogP contribution is 2.26. The number of furan rings is 1. The number of anilines is 1. The zero-order valence-electron chi connectivity index (χ0n) is 14.5. The number of nitrogens with zero attached hydrogens (tertiary/aromatic N) is 2. The maximum atomic E-state index is 12.3. The van der Waals surface area contributed by atoms with E-state index in [1.165, 1.54) is 30.8 Å². The Balaban J connectivity index is 1.46. The van der Waals surface area contributed by atoms with Crippen LogP contribution in [0.4, 0.5) is 5.13 Å². The van der Waals surface area contributed by atoms with Gasteiger partial charge in [-0.25, -0.2) is 9.78 Å². The summed E-state index contributed by atoms with van der Waals surface area (Å²) in [6, 6.07) is 11.8. The zero-order valence-corrected chi connectivity index (χ0v) is 15.4. The van der Waals surface area contributed by atoms with Gasteiger partial charge >= 0.3 is 5.97 Å². The number of nitrogens with one attached hydrogen (secondary N) is 1. The molecule has 4 rings (SSSR count). The first-order chi connectivity index (χ1) is 13.6. The Bertz CT molecular complexity index is 1110. The monoisotopic (exact) mass is 395 g/mol. The number of ether oxygens (including phenoxy) is 1. The van der Waals surface area contributed by atoms with Crippen LogP contribution in [0.3, 0.4) is 0 Å². The molecular formula is C19H13N3O5S. The van der Waals surface area contributed by atoms with Crippen LogP contribution in [0.2, 0.25) is 0 Å². The highest BCUT2D eigenvalue weighted by Gasteiger charge is 2.17. The largest absolute Gasteiger partial charge is 0.465 e. The van der Waals surface area contributed by atoms with Crippen LogP contribution in [0.25, 0.3) is 22.8 Å². The van der Waals surface area contributed by atoms with E-state index in [1.54, 1.807) is 41.8 Å². The van der Waals surface area contributed by atoms with Crippen LogP contribution in [0.5, 0.6) is 0 Å². The van der Waals surface area contributed by atoms with E-state index in [4.69, 9.17) is 8.94 Å². The predicted molar refractivity (Wildman–Crippen MR) is 101 cm³/mol. The molecule has 8 nitrogen and oxygen atoms in total. The first kappa shape index (κ1) is 17.7.